The van der Waals surface area contributed by atoms with Crippen molar-refractivity contribution in [1.82, 2.24) is 5.32 Å². The normalized spacial score (nSPS) is 27.6. The van der Waals surface area contributed by atoms with Crippen molar-refractivity contribution in [2.24, 2.45) is 0 Å². The van der Waals surface area contributed by atoms with Crippen molar-refractivity contribution in [3.05, 3.63) is 24.3 Å². The van der Waals surface area contributed by atoms with Gasteiger partial charge in [-0.2, -0.15) is 0 Å². The topological polar surface area (TPSA) is 307 Å². The average molecular weight is 1330 g/mol. The van der Waals surface area contributed by atoms with Crippen LogP contribution in [0.5, 0.6) is 0 Å². The summed E-state index contributed by atoms with van der Waals surface area (Å²) in [6.07, 6.45) is 38.9. The Labute approximate surface area is 562 Å². The number of ether oxygens (including phenoxy) is 6. The number of amides is 1. The summed E-state index contributed by atoms with van der Waals surface area (Å²) in [4.78, 5) is 13.4. The number of hydrogen-bond donors (Lipinski definition) is 12. The van der Waals surface area contributed by atoms with Gasteiger partial charge in [0, 0.05) is 6.42 Å². The van der Waals surface area contributed by atoms with E-state index in [1.54, 1.807) is 6.08 Å². The Kier molecular flexibility index (Phi) is 51.5. The summed E-state index contributed by atoms with van der Waals surface area (Å²) in [5.74, 6) is -0.278. The number of allylic oxidation sites excluding steroid dienone is 3. The molecule has 3 saturated heterocycles. The number of nitrogens with one attached hydrogen (secondary N) is 1. The van der Waals surface area contributed by atoms with Crippen LogP contribution in [0.25, 0.3) is 0 Å². The van der Waals surface area contributed by atoms with Gasteiger partial charge in [-0.1, -0.05) is 295 Å². The SMILES string of the molecule is CCCCCCCCCCCCCCC/C=C/CC/C=C/C(O)C(COC1OC(CO)C(OC2OC(CO)C(OC3OC(CO)C(O)C(O)C3O)C(O)C2O)C(O)C1O)NC(=O)CCCCCCCCCCCCCCCCCCCCCCCCCCCCCCC. The van der Waals surface area contributed by atoms with Crippen LogP contribution in [0.15, 0.2) is 24.3 Å². The first-order valence-electron chi connectivity index (χ1n) is 38.1. The molecule has 0 aromatic heterocycles. The minimum absolute atomic E-state index is 0.241. The van der Waals surface area contributed by atoms with E-state index in [-0.39, 0.29) is 18.9 Å². The Bertz CT molecular complexity index is 1780. The van der Waals surface area contributed by atoms with Crippen LogP contribution in [-0.2, 0) is 33.2 Å². The van der Waals surface area contributed by atoms with Crippen LogP contribution in [0.1, 0.15) is 309 Å². The van der Waals surface area contributed by atoms with Crippen LogP contribution in [-0.4, -0.2) is 193 Å². The fraction of sp³-hybridized carbons (Fsp3) is 0.932. The lowest BCUT2D eigenvalue weighted by molar-refractivity contribution is -0.379. The Morgan fingerprint density at radius 1 is 0.376 bits per heavy atom. The first-order chi connectivity index (χ1) is 45.3. The summed E-state index contributed by atoms with van der Waals surface area (Å²) in [6.45, 7) is 1.76. The summed E-state index contributed by atoms with van der Waals surface area (Å²) in [7, 11) is 0. The number of hydrogen-bond acceptors (Lipinski definition) is 18. The second-order valence-electron chi connectivity index (χ2n) is 27.5. The van der Waals surface area contributed by atoms with Crippen molar-refractivity contribution in [2.75, 3.05) is 26.4 Å². The van der Waals surface area contributed by atoms with Gasteiger partial charge in [-0.25, -0.2) is 0 Å². The van der Waals surface area contributed by atoms with Crippen LogP contribution in [0, 0.1) is 0 Å². The third kappa shape index (κ3) is 37.3. The van der Waals surface area contributed by atoms with Crippen LogP contribution >= 0.6 is 0 Å². The molecule has 19 nitrogen and oxygen atoms in total. The molecule has 93 heavy (non-hydrogen) atoms. The van der Waals surface area contributed by atoms with E-state index in [0.29, 0.717) is 12.8 Å². The van der Waals surface area contributed by atoms with Gasteiger partial charge >= 0.3 is 0 Å². The van der Waals surface area contributed by atoms with Gasteiger partial charge in [0.25, 0.3) is 0 Å². The minimum atomic E-state index is -1.98. The number of aliphatic hydroxyl groups is 11. The quantitative estimate of drug-likeness (QED) is 0.0199. The van der Waals surface area contributed by atoms with E-state index in [0.717, 1.165) is 38.5 Å². The fourth-order valence-electron chi connectivity index (χ4n) is 13.1. The van der Waals surface area contributed by atoms with Crippen LogP contribution < -0.4 is 5.32 Å². The van der Waals surface area contributed by atoms with E-state index >= 15 is 0 Å². The monoisotopic (exact) mass is 1330 g/mol. The van der Waals surface area contributed by atoms with Gasteiger partial charge in [0.15, 0.2) is 18.9 Å². The molecular formula is C74H139NO18. The van der Waals surface area contributed by atoms with Gasteiger partial charge in [-0.15, -0.1) is 0 Å². The van der Waals surface area contributed by atoms with Crippen molar-refractivity contribution >= 4 is 5.91 Å². The van der Waals surface area contributed by atoms with E-state index in [1.807, 2.05) is 6.08 Å². The first-order valence-corrected chi connectivity index (χ1v) is 38.1. The molecule has 3 aliphatic rings. The lowest BCUT2D eigenvalue weighted by Crippen LogP contribution is -2.66. The van der Waals surface area contributed by atoms with Gasteiger partial charge in [0.1, 0.15) is 73.2 Å². The van der Waals surface area contributed by atoms with Gasteiger partial charge in [-0.05, 0) is 32.1 Å². The van der Waals surface area contributed by atoms with Gasteiger partial charge < -0.3 is 89.9 Å². The maximum absolute atomic E-state index is 13.4. The Balaban J connectivity index is 1.39. The van der Waals surface area contributed by atoms with Gasteiger partial charge in [0.05, 0.1) is 38.6 Å². The number of carbonyl (C=O) groups excluding carboxylic acids is 1. The lowest BCUT2D eigenvalue weighted by atomic mass is 9.96. The van der Waals surface area contributed by atoms with Gasteiger partial charge in [-0.3, -0.25) is 4.79 Å². The molecule has 3 aliphatic heterocycles. The van der Waals surface area contributed by atoms with Crippen molar-refractivity contribution < 1.29 is 89.4 Å². The molecule has 0 aromatic rings. The Hall–Kier alpha value is -1.73. The molecule has 0 spiro atoms. The minimum Gasteiger partial charge on any atom is -0.394 e. The molecule has 0 aromatic carbocycles. The zero-order chi connectivity index (χ0) is 67.5. The molecular weight excluding hydrogens is 1190 g/mol. The van der Waals surface area contributed by atoms with Gasteiger partial charge in [0.2, 0.25) is 5.91 Å². The third-order valence-corrected chi connectivity index (χ3v) is 19.3. The van der Waals surface area contributed by atoms with Crippen molar-refractivity contribution in [3.8, 4) is 0 Å². The van der Waals surface area contributed by atoms with E-state index in [4.69, 9.17) is 28.4 Å². The standard InChI is InChI=1S/C74H139NO18/c1-3-5-7-9-11-13-15-17-19-21-23-24-25-26-27-28-29-30-31-32-34-36-38-40-42-44-46-48-50-52-62(80)75-57(58(79)51-49-47-45-43-41-39-37-35-33-22-20-18-16-14-12-10-8-6-4-2)56-88-72-68(86)65(83)70(60(54-77)90-72)93-74-69(87)66(84)71(61(55-78)91-74)92-73-67(85)64(82)63(81)59(53-76)89-73/h41,43,49,51,57-61,63-74,76-79,81-87H,3-40,42,44-48,50,52-56H2,1-2H3,(H,75,80)/b43-41+,51-49+. The molecule has 19 heteroatoms. The Morgan fingerprint density at radius 3 is 1.08 bits per heavy atom. The van der Waals surface area contributed by atoms with Crippen LogP contribution in [0.4, 0.5) is 0 Å². The summed E-state index contributed by atoms with van der Waals surface area (Å²) in [5.41, 5.74) is 0. The van der Waals surface area contributed by atoms with Crippen LogP contribution in [0.3, 0.4) is 0 Å². The first kappa shape index (κ1) is 85.5. The van der Waals surface area contributed by atoms with E-state index in [9.17, 15) is 61.0 Å². The van der Waals surface area contributed by atoms with Crippen molar-refractivity contribution in [2.45, 2.75) is 413 Å². The molecule has 548 valence electrons. The molecule has 0 aliphatic carbocycles. The van der Waals surface area contributed by atoms with E-state index in [2.05, 4.69) is 31.3 Å². The molecule has 3 fully saturated rings. The molecule has 12 N–H and O–H groups in total. The second kappa shape index (κ2) is 56.1. The van der Waals surface area contributed by atoms with E-state index in [1.165, 1.54) is 238 Å². The lowest BCUT2D eigenvalue weighted by Gasteiger charge is -2.48. The van der Waals surface area contributed by atoms with Crippen molar-refractivity contribution in [3.63, 3.8) is 0 Å². The molecule has 17 unspecified atom stereocenters. The highest BCUT2D eigenvalue weighted by atomic mass is 16.8. The largest absolute Gasteiger partial charge is 0.394 e. The van der Waals surface area contributed by atoms with Crippen LogP contribution in [0.2, 0.25) is 0 Å². The predicted octanol–water partition coefficient (Wildman–Crippen LogP) is 11.4. The maximum Gasteiger partial charge on any atom is 0.220 e. The summed E-state index contributed by atoms with van der Waals surface area (Å²) >= 11 is 0. The number of aliphatic hydroxyl groups excluding tert-OH is 11. The third-order valence-electron chi connectivity index (χ3n) is 19.3. The maximum atomic E-state index is 13.4. The zero-order valence-electron chi connectivity index (χ0n) is 58.3. The molecule has 0 saturated carbocycles. The second-order valence-corrected chi connectivity index (χ2v) is 27.5. The summed E-state index contributed by atoms with van der Waals surface area (Å²) in [5, 5.41) is 121. The number of rotatable bonds is 60. The molecule has 3 heterocycles. The Morgan fingerprint density at radius 2 is 0.688 bits per heavy atom. The highest BCUT2D eigenvalue weighted by molar-refractivity contribution is 5.76. The van der Waals surface area contributed by atoms with E-state index < -0.39 is 124 Å². The molecule has 0 bridgehead atoms. The highest BCUT2D eigenvalue weighted by Gasteiger charge is 2.53. The average Bonchev–Trinajstić information content (AvgIpc) is 0.995. The molecule has 0 radical (unpaired) electrons. The number of unbranched alkanes of at least 4 members (excludes halogenated alkanes) is 42. The number of carbonyl (C=O) groups is 1. The van der Waals surface area contributed by atoms with Crippen molar-refractivity contribution in [1.29, 1.82) is 0 Å². The predicted molar refractivity (Wildman–Crippen MR) is 365 cm³/mol. The smallest absolute Gasteiger partial charge is 0.220 e. The highest BCUT2D eigenvalue weighted by Crippen LogP contribution is 2.33. The fourth-order valence-corrected chi connectivity index (χ4v) is 13.1. The molecule has 3 rings (SSSR count). The molecule has 17 atom stereocenters. The molecule has 1 amide bonds. The summed E-state index contributed by atoms with van der Waals surface area (Å²) < 4.78 is 34.4. The summed E-state index contributed by atoms with van der Waals surface area (Å²) in [6, 6.07) is -0.987. The zero-order valence-corrected chi connectivity index (χ0v) is 58.3.